The molecule has 0 aliphatic carbocycles. The van der Waals surface area contributed by atoms with Gasteiger partial charge in [0.05, 0.1) is 24.4 Å². The molecule has 0 aliphatic heterocycles. The fourth-order valence-electron chi connectivity index (χ4n) is 3.04. The van der Waals surface area contributed by atoms with Crippen LogP contribution in [0.5, 0.6) is 0 Å². The van der Waals surface area contributed by atoms with Gasteiger partial charge in [0, 0.05) is 24.2 Å². The fraction of sp³-hybridized carbons (Fsp3) is 0.136. The summed E-state index contributed by atoms with van der Waals surface area (Å²) in [7, 11) is 0. The second-order valence-corrected chi connectivity index (χ2v) is 6.53. The summed E-state index contributed by atoms with van der Waals surface area (Å²) in [6.07, 6.45) is 6.78. The minimum Gasteiger partial charge on any atom is -0.467 e. The van der Waals surface area contributed by atoms with E-state index in [0.717, 1.165) is 11.1 Å². The van der Waals surface area contributed by atoms with Gasteiger partial charge >= 0.3 is 0 Å². The van der Waals surface area contributed by atoms with Gasteiger partial charge in [0.15, 0.2) is 0 Å². The van der Waals surface area contributed by atoms with E-state index in [2.05, 4.69) is 15.4 Å². The molecular formula is C22H20N4O2. The average Bonchev–Trinajstić information content (AvgIpc) is 3.40. The van der Waals surface area contributed by atoms with Crippen LogP contribution in [0.25, 0.3) is 11.3 Å². The van der Waals surface area contributed by atoms with Crippen LogP contribution in [-0.4, -0.2) is 20.7 Å². The third-order valence-electron chi connectivity index (χ3n) is 4.45. The molecule has 1 atom stereocenters. The van der Waals surface area contributed by atoms with Gasteiger partial charge in [0.2, 0.25) is 0 Å². The standard InChI is InChI=1S/C22H20N4O2/c1-16(20-10-6-12-28-20)24-22(27)19-15-26(14-17-7-3-2-4-8-17)25-21(19)18-9-5-11-23-13-18/h2-13,15-16H,14H2,1H3,(H,24,27)/t16-/m0/s1. The van der Waals surface area contributed by atoms with E-state index < -0.39 is 0 Å². The number of nitrogens with zero attached hydrogens (tertiary/aromatic N) is 3. The van der Waals surface area contributed by atoms with Gasteiger partial charge in [0.25, 0.3) is 5.91 Å². The Balaban J connectivity index is 1.65. The maximum absolute atomic E-state index is 13.0. The number of amides is 1. The lowest BCUT2D eigenvalue weighted by molar-refractivity contribution is 0.0936. The molecule has 140 valence electrons. The molecule has 0 bridgehead atoms. The Kier molecular flexibility index (Phi) is 5.01. The van der Waals surface area contributed by atoms with Crippen LogP contribution in [0.1, 0.15) is 34.6 Å². The molecule has 0 spiro atoms. The van der Waals surface area contributed by atoms with E-state index in [-0.39, 0.29) is 11.9 Å². The molecule has 0 saturated heterocycles. The van der Waals surface area contributed by atoms with Crippen molar-refractivity contribution in [2.45, 2.75) is 19.5 Å². The SMILES string of the molecule is C[C@H](NC(=O)c1cn(Cc2ccccc2)nc1-c1cccnc1)c1ccco1. The number of hydrogen-bond donors (Lipinski definition) is 1. The van der Waals surface area contributed by atoms with Crippen molar-refractivity contribution in [2.24, 2.45) is 0 Å². The topological polar surface area (TPSA) is 73.0 Å². The number of rotatable bonds is 6. The van der Waals surface area contributed by atoms with Gasteiger partial charge < -0.3 is 9.73 Å². The third-order valence-corrected chi connectivity index (χ3v) is 4.45. The number of carbonyl (C=O) groups excluding carboxylic acids is 1. The highest BCUT2D eigenvalue weighted by molar-refractivity contribution is 5.99. The van der Waals surface area contributed by atoms with E-state index in [9.17, 15) is 4.79 Å². The van der Waals surface area contributed by atoms with Crippen molar-refractivity contribution in [3.63, 3.8) is 0 Å². The Morgan fingerprint density at radius 1 is 1.14 bits per heavy atom. The fourth-order valence-corrected chi connectivity index (χ4v) is 3.04. The minimum atomic E-state index is -0.248. The molecule has 0 saturated carbocycles. The molecule has 1 N–H and O–H groups in total. The second-order valence-electron chi connectivity index (χ2n) is 6.53. The molecule has 0 fully saturated rings. The molecule has 6 heteroatoms. The molecule has 3 aromatic heterocycles. The lowest BCUT2D eigenvalue weighted by Gasteiger charge is -2.11. The largest absolute Gasteiger partial charge is 0.467 e. The molecule has 28 heavy (non-hydrogen) atoms. The van der Waals surface area contributed by atoms with E-state index in [1.54, 1.807) is 35.6 Å². The molecule has 3 heterocycles. The summed E-state index contributed by atoms with van der Waals surface area (Å²) in [5, 5.41) is 7.64. The van der Waals surface area contributed by atoms with Crippen LogP contribution >= 0.6 is 0 Å². The number of hydrogen-bond acceptors (Lipinski definition) is 4. The Morgan fingerprint density at radius 3 is 2.71 bits per heavy atom. The predicted octanol–water partition coefficient (Wildman–Crippen LogP) is 4.08. The number of carbonyl (C=O) groups is 1. The number of pyridine rings is 1. The molecule has 6 nitrogen and oxygen atoms in total. The van der Waals surface area contributed by atoms with Crippen LogP contribution in [0.3, 0.4) is 0 Å². The minimum absolute atomic E-state index is 0.206. The quantitative estimate of drug-likeness (QED) is 0.554. The highest BCUT2D eigenvalue weighted by atomic mass is 16.3. The predicted molar refractivity (Wildman–Crippen MR) is 106 cm³/mol. The van der Waals surface area contributed by atoms with Crippen LogP contribution < -0.4 is 5.32 Å². The average molecular weight is 372 g/mol. The highest BCUT2D eigenvalue weighted by Gasteiger charge is 2.21. The number of benzene rings is 1. The highest BCUT2D eigenvalue weighted by Crippen LogP contribution is 2.23. The first-order valence-corrected chi connectivity index (χ1v) is 9.07. The van der Waals surface area contributed by atoms with Gasteiger partial charge in [-0.3, -0.25) is 14.5 Å². The van der Waals surface area contributed by atoms with Crippen molar-refractivity contribution in [3.05, 3.63) is 96.3 Å². The van der Waals surface area contributed by atoms with E-state index in [1.807, 2.05) is 55.5 Å². The Hall–Kier alpha value is -3.67. The first-order valence-electron chi connectivity index (χ1n) is 9.07. The zero-order chi connectivity index (χ0) is 19.3. The lowest BCUT2D eigenvalue weighted by atomic mass is 10.1. The number of nitrogens with one attached hydrogen (secondary N) is 1. The van der Waals surface area contributed by atoms with Crippen molar-refractivity contribution in [3.8, 4) is 11.3 Å². The van der Waals surface area contributed by atoms with E-state index in [1.165, 1.54) is 0 Å². The van der Waals surface area contributed by atoms with Gasteiger partial charge in [-0.1, -0.05) is 30.3 Å². The molecule has 1 aromatic carbocycles. The van der Waals surface area contributed by atoms with Crippen LogP contribution in [0, 0.1) is 0 Å². The Labute approximate surface area is 162 Å². The van der Waals surface area contributed by atoms with Crippen molar-refractivity contribution in [1.29, 1.82) is 0 Å². The third kappa shape index (κ3) is 3.86. The smallest absolute Gasteiger partial charge is 0.255 e. The van der Waals surface area contributed by atoms with Crippen LogP contribution in [0.4, 0.5) is 0 Å². The van der Waals surface area contributed by atoms with Gasteiger partial charge in [-0.2, -0.15) is 5.10 Å². The van der Waals surface area contributed by atoms with Crippen LogP contribution in [0.2, 0.25) is 0 Å². The second kappa shape index (κ2) is 7.92. The summed E-state index contributed by atoms with van der Waals surface area (Å²) in [4.78, 5) is 17.1. The van der Waals surface area contributed by atoms with Crippen LogP contribution in [-0.2, 0) is 6.54 Å². The molecule has 4 aromatic rings. The van der Waals surface area contributed by atoms with Crippen molar-refractivity contribution >= 4 is 5.91 Å². The lowest BCUT2D eigenvalue weighted by Crippen LogP contribution is -2.26. The first-order chi connectivity index (χ1) is 13.7. The monoisotopic (exact) mass is 372 g/mol. The molecular weight excluding hydrogens is 352 g/mol. The zero-order valence-electron chi connectivity index (χ0n) is 15.4. The summed E-state index contributed by atoms with van der Waals surface area (Å²) >= 11 is 0. The summed E-state index contributed by atoms with van der Waals surface area (Å²) in [5.74, 6) is 0.495. The molecule has 0 aliphatic rings. The maximum atomic E-state index is 13.0. The van der Waals surface area contributed by atoms with Gasteiger partial charge in [-0.25, -0.2) is 0 Å². The number of furan rings is 1. The van der Waals surface area contributed by atoms with Gasteiger partial charge in [0.1, 0.15) is 11.5 Å². The number of aromatic nitrogens is 3. The van der Waals surface area contributed by atoms with Crippen LogP contribution in [0.15, 0.2) is 83.9 Å². The Bertz CT molecular complexity index is 1040. The van der Waals surface area contributed by atoms with Crippen molar-refractivity contribution in [1.82, 2.24) is 20.1 Å². The molecule has 4 rings (SSSR count). The van der Waals surface area contributed by atoms with E-state index in [0.29, 0.717) is 23.6 Å². The van der Waals surface area contributed by atoms with E-state index >= 15 is 0 Å². The van der Waals surface area contributed by atoms with Gasteiger partial charge in [-0.15, -0.1) is 0 Å². The van der Waals surface area contributed by atoms with E-state index in [4.69, 9.17) is 4.42 Å². The van der Waals surface area contributed by atoms with Crippen molar-refractivity contribution < 1.29 is 9.21 Å². The maximum Gasteiger partial charge on any atom is 0.255 e. The molecule has 1 amide bonds. The summed E-state index contributed by atoms with van der Waals surface area (Å²) in [5.41, 5.74) is 3.01. The van der Waals surface area contributed by atoms with Gasteiger partial charge in [-0.05, 0) is 36.8 Å². The molecule has 0 unspecified atom stereocenters. The zero-order valence-corrected chi connectivity index (χ0v) is 15.4. The summed E-state index contributed by atoms with van der Waals surface area (Å²) in [6, 6.07) is 17.1. The molecule has 0 radical (unpaired) electrons. The Morgan fingerprint density at radius 2 is 2.00 bits per heavy atom. The summed E-state index contributed by atoms with van der Waals surface area (Å²) < 4.78 is 7.17. The normalized spacial score (nSPS) is 11.9. The summed E-state index contributed by atoms with van der Waals surface area (Å²) in [6.45, 7) is 2.46. The first kappa shape index (κ1) is 17.7. The van der Waals surface area contributed by atoms with Crippen molar-refractivity contribution in [2.75, 3.05) is 0 Å².